The summed E-state index contributed by atoms with van der Waals surface area (Å²) in [7, 11) is 1.46. The van der Waals surface area contributed by atoms with Gasteiger partial charge in [0.05, 0.1) is 20.3 Å². The van der Waals surface area contributed by atoms with Crippen molar-refractivity contribution in [2.45, 2.75) is 32.2 Å². The Morgan fingerprint density at radius 1 is 1.33 bits per heavy atom. The zero-order chi connectivity index (χ0) is 11.3. The summed E-state index contributed by atoms with van der Waals surface area (Å²) >= 11 is 0. The summed E-state index contributed by atoms with van der Waals surface area (Å²) in [6.45, 7) is 7.12. The standard InChI is InChI=1S/C11H21NO3/c1-4-11(5-2,10(13)14-3)12-6-8-15-9-7-12/h4-9H2,1-3H3. The minimum atomic E-state index is -0.446. The smallest absolute Gasteiger partial charge is 0.326 e. The van der Waals surface area contributed by atoms with Crippen LogP contribution in [0.15, 0.2) is 0 Å². The monoisotopic (exact) mass is 215 g/mol. The summed E-state index contributed by atoms with van der Waals surface area (Å²) in [5, 5.41) is 0. The summed E-state index contributed by atoms with van der Waals surface area (Å²) in [4.78, 5) is 14.1. The molecule has 1 rings (SSSR count). The van der Waals surface area contributed by atoms with Crippen molar-refractivity contribution < 1.29 is 14.3 Å². The first-order chi connectivity index (χ1) is 7.21. The van der Waals surface area contributed by atoms with Crippen molar-refractivity contribution in [1.29, 1.82) is 0 Å². The summed E-state index contributed by atoms with van der Waals surface area (Å²) in [6, 6.07) is 0. The van der Waals surface area contributed by atoms with Crippen molar-refractivity contribution in [3.05, 3.63) is 0 Å². The van der Waals surface area contributed by atoms with Crippen LogP contribution >= 0.6 is 0 Å². The lowest BCUT2D eigenvalue weighted by Crippen LogP contribution is -2.58. The van der Waals surface area contributed by atoms with E-state index in [1.165, 1.54) is 7.11 Å². The third-order valence-electron chi connectivity index (χ3n) is 3.35. The second kappa shape index (κ2) is 5.47. The van der Waals surface area contributed by atoms with Crippen molar-refractivity contribution >= 4 is 5.97 Å². The number of esters is 1. The maximum Gasteiger partial charge on any atom is 0.326 e. The van der Waals surface area contributed by atoms with Gasteiger partial charge in [-0.05, 0) is 12.8 Å². The van der Waals surface area contributed by atoms with Crippen LogP contribution in [0.1, 0.15) is 26.7 Å². The molecule has 0 N–H and O–H groups in total. The summed E-state index contributed by atoms with van der Waals surface area (Å²) in [5.74, 6) is -0.116. The fraction of sp³-hybridized carbons (Fsp3) is 0.909. The first-order valence-corrected chi connectivity index (χ1v) is 5.62. The predicted molar refractivity (Wildman–Crippen MR) is 57.7 cm³/mol. The largest absolute Gasteiger partial charge is 0.468 e. The average Bonchev–Trinajstić information content (AvgIpc) is 2.32. The predicted octanol–water partition coefficient (Wildman–Crippen LogP) is 1.05. The van der Waals surface area contributed by atoms with E-state index < -0.39 is 5.54 Å². The molecular weight excluding hydrogens is 194 g/mol. The van der Waals surface area contributed by atoms with E-state index in [2.05, 4.69) is 4.90 Å². The molecule has 1 fully saturated rings. The van der Waals surface area contributed by atoms with Crippen molar-refractivity contribution in [1.82, 2.24) is 4.90 Å². The lowest BCUT2D eigenvalue weighted by molar-refractivity contribution is -0.159. The molecule has 0 unspecified atom stereocenters. The van der Waals surface area contributed by atoms with Gasteiger partial charge in [0.1, 0.15) is 5.54 Å². The first kappa shape index (κ1) is 12.5. The molecule has 1 aliphatic heterocycles. The number of methoxy groups -OCH3 is 1. The molecule has 0 spiro atoms. The molecule has 4 nitrogen and oxygen atoms in total. The highest BCUT2D eigenvalue weighted by Gasteiger charge is 2.42. The van der Waals surface area contributed by atoms with Gasteiger partial charge in [0, 0.05) is 13.1 Å². The molecule has 0 radical (unpaired) electrons. The van der Waals surface area contributed by atoms with Crippen LogP contribution < -0.4 is 0 Å². The quantitative estimate of drug-likeness (QED) is 0.657. The molecular formula is C11H21NO3. The Morgan fingerprint density at radius 2 is 1.87 bits per heavy atom. The van der Waals surface area contributed by atoms with Gasteiger partial charge < -0.3 is 9.47 Å². The molecule has 1 saturated heterocycles. The van der Waals surface area contributed by atoms with Gasteiger partial charge in [0.15, 0.2) is 0 Å². The third kappa shape index (κ3) is 2.32. The van der Waals surface area contributed by atoms with Crippen LogP contribution in [0.4, 0.5) is 0 Å². The topological polar surface area (TPSA) is 38.8 Å². The van der Waals surface area contributed by atoms with Crippen LogP contribution in [0.2, 0.25) is 0 Å². The molecule has 4 heteroatoms. The lowest BCUT2D eigenvalue weighted by atomic mass is 9.90. The van der Waals surface area contributed by atoms with Crippen LogP contribution in [0.5, 0.6) is 0 Å². The Balaban J connectivity index is 2.82. The Morgan fingerprint density at radius 3 is 2.27 bits per heavy atom. The van der Waals surface area contributed by atoms with Gasteiger partial charge in [-0.15, -0.1) is 0 Å². The fourth-order valence-corrected chi connectivity index (χ4v) is 2.30. The number of hydrogen-bond acceptors (Lipinski definition) is 4. The van der Waals surface area contributed by atoms with Gasteiger partial charge in [0.25, 0.3) is 0 Å². The van der Waals surface area contributed by atoms with Crippen LogP contribution in [-0.4, -0.2) is 49.8 Å². The highest BCUT2D eigenvalue weighted by Crippen LogP contribution is 2.26. The number of nitrogens with zero attached hydrogens (tertiary/aromatic N) is 1. The Hall–Kier alpha value is -0.610. The summed E-state index contributed by atoms with van der Waals surface area (Å²) in [5.41, 5.74) is -0.446. The summed E-state index contributed by atoms with van der Waals surface area (Å²) < 4.78 is 10.2. The number of morpholine rings is 1. The van der Waals surface area contributed by atoms with Crippen molar-refractivity contribution in [3.63, 3.8) is 0 Å². The zero-order valence-electron chi connectivity index (χ0n) is 9.91. The van der Waals surface area contributed by atoms with E-state index in [1.807, 2.05) is 13.8 Å². The van der Waals surface area contributed by atoms with Crippen LogP contribution in [-0.2, 0) is 14.3 Å². The van der Waals surface area contributed by atoms with Crippen LogP contribution in [0.3, 0.4) is 0 Å². The van der Waals surface area contributed by atoms with E-state index in [9.17, 15) is 4.79 Å². The highest BCUT2D eigenvalue weighted by atomic mass is 16.5. The van der Waals surface area contributed by atoms with Gasteiger partial charge >= 0.3 is 5.97 Å². The third-order valence-corrected chi connectivity index (χ3v) is 3.35. The number of rotatable bonds is 4. The molecule has 0 aromatic rings. The maximum absolute atomic E-state index is 11.9. The van der Waals surface area contributed by atoms with E-state index in [0.29, 0.717) is 13.2 Å². The Bertz CT molecular complexity index is 208. The van der Waals surface area contributed by atoms with Gasteiger partial charge in [-0.1, -0.05) is 13.8 Å². The van der Waals surface area contributed by atoms with E-state index in [-0.39, 0.29) is 5.97 Å². The van der Waals surface area contributed by atoms with E-state index in [1.54, 1.807) is 0 Å². The van der Waals surface area contributed by atoms with Crippen LogP contribution in [0.25, 0.3) is 0 Å². The fourth-order valence-electron chi connectivity index (χ4n) is 2.30. The van der Waals surface area contributed by atoms with Crippen molar-refractivity contribution in [3.8, 4) is 0 Å². The van der Waals surface area contributed by atoms with Crippen LogP contribution in [0, 0.1) is 0 Å². The second-order valence-corrected chi connectivity index (χ2v) is 3.83. The van der Waals surface area contributed by atoms with Gasteiger partial charge in [0.2, 0.25) is 0 Å². The molecule has 0 amide bonds. The van der Waals surface area contributed by atoms with Gasteiger partial charge in [-0.25, -0.2) is 0 Å². The second-order valence-electron chi connectivity index (χ2n) is 3.83. The molecule has 15 heavy (non-hydrogen) atoms. The van der Waals surface area contributed by atoms with Crippen molar-refractivity contribution in [2.24, 2.45) is 0 Å². The van der Waals surface area contributed by atoms with Gasteiger partial charge in [-0.3, -0.25) is 9.69 Å². The first-order valence-electron chi connectivity index (χ1n) is 5.62. The molecule has 0 aromatic carbocycles. The minimum Gasteiger partial charge on any atom is -0.468 e. The Kier molecular flexibility index (Phi) is 4.54. The molecule has 0 aromatic heterocycles. The molecule has 0 saturated carbocycles. The number of hydrogen-bond donors (Lipinski definition) is 0. The minimum absolute atomic E-state index is 0.116. The van der Waals surface area contributed by atoms with Crippen molar-refractivity contribution in [2.75, 3.05) is 33.4 Å². The zero-order valence-corrected chi connectivity index (χ0v) is 9.91. The molecule has 0 bridgehead atoms. The molecule has 0 atom stereocenters. The Labute approximate surface area is 91.5 Å². The van der Waals surface area contributed by atoms with E-state index in [4.69, 9.17) is 9.47 Å². The molecule has 1 aliphatic rings. The normalized spacial score (nSPS) is 18.9. The maximum atomic E-state index is 11.9. The molecule has 1 heterocycles. The number of carbonyl (C=O) groups excluding carboxylic acids is 1. The van der Waals surface area contributed by atoms with E-state index >= 15 is 0 Å². The van der Waals surface area contributed by atoms with E-state index in [0.717, 1.165) is 25.9 Å². The number of ether oxygens (including phenoxy) is 2. The SMILES string of the molecule is CCC(CC)(C(=O)OC)N1CCOCC1. The van der Waals surface area contributed by atoms with Gasteiger partial charge in [-0.2, -0.15) is 0 Å². The lowest BCUT2D eigenvalue weighted by Gasteiger charge is -2.42. The molecule has 0 aliphatic carbocycles. The highest BCUT2D eigenvalue weighted by molar-refractivity contribution is 5.80. The number of carbonyl (C=O) groups is 1. The average molecular weight is 215 g/mol. The molecule has 88 valence electrons. The summed E-state index contributed by atoms with van der Waals surface area (Å²) in [6.07, 6.45) is 1.58.